The number of pyridine rings is 2. The maximum Gasteiger partial charge on any atom is 0.227 e. The quantitative estimate of drug-likeness (QED) is 0.422. The average molecular weight is 504 g/mol. The maximum atomic E-state index is 10.0. The fraction of sp³-hybridized carbons (Fsp3) is 0.400. The number of rotatable bonds is 5. The number of anilines is 4. The predicted octanol–water partition coefficient (Wildman–Crippen LogP) is 3.00. The highest BCUT2D eigenvalue weighted by molar-refractivity contribution is 7.21. The molecular formula is C25H29N9OS. The lowest BCUT2D eigenvalue weighted by atomic mass is 10.1. The number of aliphatic hydroxyl groups is 1. The second-order valence-electron chi connectivity index (χ2n) is 9.36. The molecule has 0 bridgehead atoms. The molecule has 2 aliphatic rings. The van der Waals surface area contributed by atoms with Crippen molar-refractivity contribution >= 4 is 45.0 Å². The van der Waals surface area contributed by atoms with Crippen LogP contribution in [0.25, 0.3) is 20.8 Å². The molecule has 2 N–H and O–H groups in total. The van der Waals surface area contributed by atoms with Crippen molar-refractivity contribution in [1.82, 2.24) is 29.8 Å². The summed E-state index contributed by atoms with van der Waals surface area (Å²) in [5.74, 6) is 3.02. The molecule has 0 amide bonds. The van der Waals surface area contributed by atoms with Crippen LogP contribution in [0.3, 0.4) is 0 Å². The lowest BCUT2D eigenvalue weighted by Crippen LogP contribution is -2.45. The molecule has 1 atom stereocenters. The summed E-state index contributed by atoms with van der Waals surface area (Å²) in [4.78, 5) is 29.8. The number of aliphatic hydroxyl groups excluding tert-OH is 1. The lowest BCUT2D eigenvalue weighted by Gasteiger charge is -2.32. The first-order valence-electron chi connectivity index (χ1n) is 12.3. The third-order valence-electron chi connectivity index (χ3n) is 6.67. The fourth-order valence-electron chi connectivity index (χ4n) is 4.62. The van der Waals surface area contributed by atoms with Gasteiger partial charge in [0.2, 0.25) is 5.95 Å². The molecule has 0 aromatic carbocycles. The van der Waals surface area contributed by atoms with E-state index in [2.05, 4.69) is 48.1 Å². The number of nitrogens with one attached hydrogen (secondary N) is 1. The monoisotopic (exact) mass is 503 g/mol. The minimum atomic E-state index is -0.295. The predicted molar refractivity (Wildman–Crippen MR) is 143 cm³/mol. The van der Waals surface area contributed by atoms with E-state index in [1.807, 2.05) is 30.6 Å². The Morgan fingerprint density at radius 1 is 0.944 bits per heavy atom. The summed E-state index contributed by atoms with van der Waals surface area (Å²) < 4.78 is 1.02. The third kappa shape index (κ3) is 4.95. The topological polar surface area (TPSA) is 106 Å². The number of piperazine rings is 1. The number of hydrogen-bond acceptors (Lipinski definition) is 11. The van der Waals surface area contributed by atoms with Crippen molar-refractivity contribution in [2.24, 2.45) is 0 Å². The van der Waals surface area contributed by atoms with Crippen molar-refractivity contribution in [3.05, 3.63) is 42.9 Å². The molecule has 1 unspecified atom stereocenters. The van der Waals surface area contributed by atoms with Crippen LogP contribution in [0.5, 0.6) is 0 Å². The summed E-state index contributed by atoms with van der Waals surface area (Å²) in [6, 6.07) is 7.85. The molecule has 36 heavy (non-hydrogen) atoms. The smallest absolute Gasteiger partial charge is 0.227 e. The van der Waals surface area contributed by atoms with Gasteiger partial charge in [0.1, 0.15) is 22.5 Å². The largest absolute Gasteiger partial charge is 0.391 e. The molecule has 0 spiro atoms. The zero-order chi connectivity index (χ0) is 24.5. The first-order chi connectivity index (χ1) is 17.6. The van der Waals surface area contributed by atoms with E-state index in [1.165, 1.54) is 0 Å². The van der Waals surface area contributed by atoms with Gasteiger partial charge in [-0.15, -0.1) is 11.3 Å². The van der Waals surface area contributed by atoms with Crippen molar-refractivity contribution in [1.29, 1.82) is 0 Å². The average Bonchev–Trinajstić information content (AvgIpc) is 3.33. The number of thiazole rings is 1. The van der Waals surface area contributed by atoms with E-state index in [1.54, 1.807) is 17.5 Å². The fourth-order valence-corrected chi connectivity index (χ4v) is 5.53. The molecule has 6 rings (SSSR count). The molecular weight excluding hydrogens is 474 g/mol. The van der Waals surface area contributed by atoms with Crippen LogP contribution in [0.15, 0.2) is 42.9 Å². The van der Waals surface area contributed by atoms with Crippen LogP contribution in [0, 0.1) is 0 Å². The van der Waals surface area contributed by atoms with Gasteiger partial charge < -0.3 is 25.1 Å². The zero-order valence-electron chi connectivity index (χ0n) is 20.2. The van der Waals surface area contributed by atoms with Crippen molar-refractivity contribution in [3.8, 4) is 10.6 Å². The van der Waals surface area contributed by atoms with E-state index in [9.17, 15) is 5.11 Å². The molecule has 2 fully saturated rings. The van der Waals surface area contributed by atoms with Gasteiger partial charge in [0.05, 0.1) is 16.3 Å². The molecule has 0 saturated carbocycles. The molecule has 10 nitrogen and oxygen atoms in total. The van der Waals surface area contributed by atoms with Crippen LogP contribution < -0.4 is 15.1 Å². The summed E-state index contributed by atoms with van der Waals surface area (Å²) in [5, 5.41) is 14.3. The Morgan fingerprint density at radius 2 is 1.81 bits per heavy atom. The Labute approximate surface area is 213 Å². The standard InChI is InChI=1S/C25H29N9OS/c1-32-9-11-33(12-10-32)25-27-7-5-21(31-25)30-22-14-19-20(15-28-22)36-24(29-19)17-4-6-26-23(13-17)34-8-2-3-18(35)16-34/h4-7,13-15,18,35H,2-3,8-12,16H2,1H3,(H,27,28,30,31). The van der Waals surface area contributed by atoms with Crippen LogP contribution in [0.1, 0.15) is 12.8 Å². The molecule has 0 aliphatic carbocycles. The van der Waals surface area contributed by atoms with Crippen LogP contribution in [0.4, 0.5) is 23.4 Å². The Morgan fingerprint density at radius 3 is 2.67 bits per heavy atom. The molecule has 2 saturated heterocycles. The third-order valence-corrected chi connectivity index (χ3v) is 7.73. The molecule has 186 valence electrons. The van der Waals surface area contributed by atoms with Gasteiger partial charge in [-0.25, -0.2) is 19.9 Å². The molecule has 0 radical (unpaired) electrons. The van der Waals surface area contributed by atoms with E-state index in [0.717, 1.165) is 78.1 Å². The number of β-amino-alcohol motifs (C(OH)–C–C–N with tert-alkyl or cyclic N) is 1. The van der Waals surface area contributed by atoms with Gasteiger partial charge >= 0.3 is 0 Å². The molecule has 6 heterocycles. The maximum absolute atomic E-state index is 10.0. The number of hydrogen-bond donors (Lipinski definition) is 2. The summed E-state index contributed by atoms with van der Waals surface area (Å²) in [6.45, 7) is 5.37. The van der Waals surface area contributed by atoms with Crippen LogP contribution >= 0.6 is 11.3 Å². The minimum Gasteiger partial charge on any atom is -0.391 e. The van der Waals surface area contributed by atoms with Gasteiger partial charge in [-0.2, -0.15) is 4.98 Å². The van der Waals surface area contributed by atoms with Crippen molar-refractivity contribution in [2.75, 3.05) is 61.4 Å². The summed E-state index contributed by atoms with van der Waals surface area (Å²) in [7, 11) is 2.13. The van der Waals surface area contributed by atoms with Crippen molar-refractivity contribution < 1.29 is 5.11 Å². The van der Waals surface area contributed by atoms with Gasteiger partial charge in [-0.1, -0.05) is 0 Å². The number of aromatic nitrogens is 5. The summed E-state index contributed by atoms with van der Waals surface area (Å²) >= 11 is 1.61. The van der Waals surface area contributed by atoms with Gasteiger partial charge in [0, 0.05) is 69.5 Å². The molecule has 4 aromatic heterocycles. The Kier molecular flexibility index (Phi) is 6.34. The van der Waals surface area contributed by atoms with Crippen molar-refractivity contribution in [2.45, 2.75) is 18.9 Å². The SMILES string of the molecule is CN1CCN(c2nccc(Nc3cc4nc(-c5ccnc(N6CCCC(O)C6)c5)sc4cn3)n2)CC1. The molecule has 2 aliphatic heterocycles. The normalized spacial score (nSPS) is 19.1. The lowest BCUT2D eigenvalue weighted by molar-refractivity contribution is 0.154. The first kappa shape index (κ1) is 23.0. The van der Waals surface area contributed by atoms with Gasteiger partial charge in [-0.05, 0) is 38.1 Å². The van der Waals surface area contributed by atoms with E-state index >= 15 is 0 Å². The number of fused-ring (bicyclic) bond motifs is 1. The Hall–Kier alpha value is -3.41. The van der Waals surface area contributed by atoms with E-state index in [-0.39, 0.29) is 6.10 Å². The number of nitrogens with zero attached hydrogens (tertiary/aromatic N) is 8. The van der Waals surface area contributed by atoms with Crippen LogP contribution in [0.2, 0.25) is 0 Å². The van der Waals surface area contributed by atoms with Gasteiger partial charge in [-0.3, -0.25) is 0 Å². The van der Waals surface area contributed by atoms with E-state index < -0.39 is 0 Å². The van der Waals surface area contributed by atoms with Gasteiger partial charge in [0.25, 0.3) is 0 Å². The highest BCUT2D eigenvalue weighted by atomic mass is 32.1. The molecule has 4 aromatic rings. The van der Waals surface area contributed by atoms with Crippen LogP contribution in [-0.2, 0) is 0 Å². The van der Waals surface area contributed by atoms with Crippen LogP contribution in [-0.4, -0.2) is 87.3 Å². The van der Waals surface area contributed by atoms with Crippen molar-refractivity contribution in [3.63, 3.8) is 0 Å². The van der Waals surface area contributed by atoms with E-state index in [0.29, 0.717) is 18.2 Å². The second-order valence-corrected chi connectivity index (χ2v) is 10.4. The number of likely N-dealkylation sites (N-methyl/N-ethyl adjacent to an activating group) is 1. The minimum absolute atomic E-state index is 0.295. The summed E-state index contributed by atoms with van der Waals surface area (Å²) in [6.07, 6.45) is 6.98. The summed E-state index contributed by atoms with van der Waals surface area (Å²) in [5.41, 5.74) is 1.90. The highest BCUT2D eigenvalue weighted by Crippen LogP contribution is 2.32. The Bertz CT molecular complexity index is 1350. The molecule has 11 heteroatoms. The Balaban J connectivity index is 1.20. The van der Waals surface area contributed by atoms with Gasteiger partial charge in [0.15, 0.2) is 0 Å². The highest BCUT2D eigenvalue weighted by Gasteiger charge is 2.20. The second kappa shape index (κ2) is 9.92. The first-order valence-corrected chi connectivity index (χ1v) is 13.1. The van der Waals surface area contributed by atoms with E-state index in [4.69, 9.17) is 9.97 Å². The zero-order valence-corrected chi connectivity index (χ0v) is 21.0. The number of piperidine rings is 1.